The van der Waals surface area contributed by atoms with Crippen LogP contribution in [0.4, 0.5) is 4.39 Å². The minimum absolute atomic E-state index is 0.0553. The quantitative estimate of drug-likeness (QED) is 0.188. The van der Waals surface area contributed by atoms with Crippen LogP contribution >= 0.6 is 0 Å². The molecule has 2 aromatic carbocycles. The molecule has 0 unspecified atom stereocenters. The molecule has 0 saturated heterocycles. The maximum atomic E-state index is 15.0. The minimum Gasteiger partial charge on any atom is -0.493 e. The molecular formula is C28H36FN3O5. The van der Waals surface area contributed by atoms with E-state index in [9.17, 15) is 9.18 Å². The fourth-order valence-electron chi connectivity index (χ4n) is 3.50. The van der Waals surface area contributed by atoms with Crippen LogP contribution in [-0.4, -0.2) is 41.2 Å². The van der Waals surface area contributed by atoms with Crippen molar-refractivity contribution in [1.82, 2.24) is 15.0 Å². The Balaban J connectivity index is 0.00000115. The second-order valence-corrected chi connectivity index (χ2v) is 7.35. The molecule has 0 spiro atoms. The third-order valence-electron chi connectivity index (χ3n) is 5.02. The molecule has 200 valence electrons. The van der Waals surface area contributed by atoms with E-state index in [1.165, 1.54) is 13.4 Å². The van der Waals surface area contributed by atoms with Crippen LogP contribution in [0.15, 0.2) is 36.7 Å². The molecule has 0 aliphatic heterocycles. The van der Waals surface area contributed by atoms with E-state index in [2.05, 4.69) is 15.0 Å². The van der Waals surface area contributed by atoms with Gasteiger partial charge in [0, 0.05) is 29.1 Å². The highest BCUT2D eigenvalue weighted by Crippen LogP contribution is 2.37. The number of H-pyrrole nitrogens is 1. The number of nitrogens with zero attached hydrogens (tertiary/aromatic N) is 2. The molecule has 2 heterocycles. The third-order valence-corrected chi connectivity index (χ3v) is 5.02. The fraction of sp³-hybridized carbons (Fsp3) is 0.393. The summed E-state index contributed by atoms with van der Waals surface area (Å²) in [6.07, 6.45) is 2.10. The number of halogens is 1. The summed E-state index contributed by atoms with van der Waals surface area (Å²) in [4.78, 5) is 23.0. The van der Waals surface area contributed by atoms with Gasteiger partial charge in [-0.3, -0.25) is 4.79 Å². The van der Waals surface area contributed by atoms with Gasteiger partial charge in [0.15, 0.2) is 23.1 Å². The number of rotatable bonds is 9. The lowest BCUT2D eigenvalue weighted by Crippen LogP contribution is -2.07. The van der Waals surface area contributed by atoms with Gasteiger partial charge in [0.05, 0.1) is 31.2 Å². The zero-order chi connectivity index (χ0) is 27.4. The number of aromatic amines is 1. The Hall–Kier alpha value is -3.88. The number of ether oxygens (including phenoxy) is 4. The summed E-state index contributed by atoms with van der Waals surface area (Å²) >= 11 is 0. The Kier molecular flexibility index (Phi) is 11.6. The molecule has 2 aromatic heterocycles. The van der Waals surface area contributed by atoms with Crippen LogP contribution in [0.1, 0.15) is 53.2 Å². The van der Waals surface area contributed by atoms with Crippen LogP contribution in [0.25, 0.3) is 21.8 Å². The van der Waals surface area contributed by atoms with Gasteiger partial charge in [-0.15, -0.1) is 0 Å². The number of hydrogen-bond acceptors (Lipinski definition) is 7. The molecule has 9 heteroatoms. The van der Waals surface area contributed by atoms with Crippen molar-refractivity contribution < 1.29 is 28.1 Å². The molecule has 0 fully saturated rings. The number of carbonyl (C=O) groups is 1. The van der Waals surface area contributed by atoms with E-state index in [0.29, 0.717) is 52.9 Å². The topological polar surface area (TPSA) is 95.6 Å². The van der Waals surface area contributed by atoms with E-state index in [0.717, 1.165) is 5.69 Å². The van der Waals surface area contributed by atoms with E-state index in [4.69, 9.17) is 18.9 Å². The van der Waals surface area contributed by atoms with E-state index < -0.39 is 5.82 Å². The molecule has 1 N–H and O–H groups in total. The summed E-state index contributed by atoms with van der Waals surface area (Å²) in [6, 6.07) is 8.42. The lowest BCUT2D eigenvalue weighted by Gasteiger charge is -2.13. The van der Waals surface area contributed by atoms with Crippen LogP contribution < -0.4 is 14.2 Å². The van der Waals surface area contributed by atoms with Crippen molar-refractivity contribution in [1.29, 1.82) is 0 Å². The number of methoxy groups -OCH3 is 1. The van der Waals surface area contributed by atoms with E-state index in [1.807, 2.05) is 34.6 Å². The summed E-state index contributed by atoms with van der Waals surface area (Å²) in [7, 11) is 1.51. The molecule has 8 nitrogen and oxygen atoms in total. The van der Waals surface area contributed by atoms with Crippen LogP contribution in [0.2, 0.25) is 0 Å². The van der Waals surface area contributed by atoms with E-state index in [-0.39, 0.29) is 24.0 Å². The van der Waals surface area contributed by atoms with Crippen molar-refractivity contribution in [2.24, 2.45) is 0 Å². The van der Waals surface area contributed by atoms with Crippen molar-refractivity contribution >= 4 is 27.8 Å². The first kappa shape index (κ1) is 29.4. The summed E-state index contributed by atoms with van der Waals surface area (Å²) in [5.41, 5.74) is 2.09. The van der Waals surface area contributed by atoms with Crippen molar-refractivity contribution in [3.63, 3.8) is 0 Å². The van der Waals surface area contributed by atoms with E-state index >= 15 is 0 Å². The van der Waals surface area contributed by atoms with Crippen molar-refractivity contribution in [2.45, 2.75) is 54.4 Å². The van der Waals surface area contributed by atoms with Crippen LogP contribution in [0.3, 0.4) is 0 Å². The largest absolute Gasteiger partial charge is 0.493 e. The number of fused-ring (bicyclic) bond motifs is 2. The lowest BCUT2D eigenvalue weighted by atomic mass is 10.2. The molecule has 4 rings (SSSR count). The summed E-state index contributed by atoms with van der Waals surface area (Å²) in [5.74, 6) is 0.417. The second kappa shape index (κ2) is 14.6. The molecule has 0 aliphatic rings. The maximum absolute atomic E-state index is 15.0. The van der Waals surface area contributed by atoms with Crippen LogP contribution in [0.5, 0.6) is 23.1 Å². The van der Waals surface area contributed by atoms with Crippen LogP contribution in [-0.2, 0) is 9.53 Å². The molecule has 0 atom stereocenters. The molecular weight excluding hydrogens is 477 g/mol. The predicted octanol–water partition coefficient (Wildman–Crippen LogP) is 7.13. The predicted molar refractivity (Wildman–Crippen MR) is 143 cm³/mol. The first-order valence-corrected chi connectivity index (χ1v) is 12.6. The van der Waals surface area contributed by atoms with Gasteiger partial charge in [0.2, 0.25) is 5.88 Å². The highest BCUT2D eigenvalue weighted by atomic mass is 19.1. The number of aromatic nitrogens is 3. The van der Waals surface area contributed by atoms with Gasteiger partial charge >= 0.3 is 5.97 Å². The number of esters is 1. The maximum Gasteiger partial charge on any atom is 0.305 e. The molecule has 0 radical (unpaired) electrons. The summed E-state index contributed by atoms with van der Waals surface area (Å²) in [5, 5.41) is 0.984. The monoisotopic (exact) mass is 513 g/mol. The van der Waals surface area contributed by atoms with Crippen molar-refractivity contribution in [2.75, 3.05) is 20.3 Å². The average Bonchev–Trinajstić information content (AvgIpc) is 3.31. The third kappa shape index (κ3) is 7.31. The number of aryl methyl sites for hydroxylation is 1. The van der Waals surface area contributed by atoms with Gasteiger partial charge in [0.1, 0.15) is 6.33 Å². The Morgan fingerprint density at radius 3 is 2.46 bits per heavy atom. The molecule has 0 amide bonds. The standard InChI is InChI=1S/C24H24FN3O5.2C2H6/c1-4-31-22(29)6-5-9-32-21-12-18-16(11-20(21)30-3)24(27-13-26-18)33-19-8-7-17-15(23(19)25)10-14(2)28-17;2*1-2/h7-8,10-13,28H,4-6,9H2,1-3H3;2*1-2H3. The van der Waals surface area contributed by atoms with Gasteiger partial charge in [-0.2, -0.15) is 0 Å². The molecule has 4 aromatic rings. The van der Waals surface area contributed by atoms with Gasteiger partial charge in [-0.1, -0.05) is 27.7 Å². The molecule has 0 bridgehead atoms. The van der Waals surface area contributed by atoms with Crippen LogP contribution in [0, 0.1) is 12.7 Å². The van der Waals surface area contributed by atoms with Gasteiger partial charge < -0.3 is 23.9 Å². The first-order valence-electron chi connectivity index (χ1n) is 12.6. The zero-order valence-electron chi connectivity index (χ0n) is 22.6. The normalized spacial score (nSPS) is 10.2. The highest BCUT2D eigenvalue weighted by Gasteiger charge is 2.16. The first-order chi connectivity index (χ1) is 18.0. The molecule has 0 saturated carbocycles. The number of nitrogens with one attached hydrogen (secondary N) is 1. The number of hydrogen-bond donors (Lipinski definition) is 1. The summed E-state index contributed by atoms with van der Waals surface area (Å²) in [6.45, 7) is 12.3. The van der Waals surface area contributed by atoms with Gasteiger partial charge in [0.25, 0.3) is 0 Å². The molecule has 37 heavy (non-hydrogen) atoms. The average molecular weight is 514 g/mol. The van der Waals surface area contributed by atoms with E-state index in [1.54, 1.807) is 37.3 Å². The minimum atomic E-state index is -0.475. The SMILES string of the molecule is CC.CC.CCOC(=O)CCCOc1cc2ncnc(Oc3ccc4[nH]c(C)cc4c3F)c2cc1OC. The van der Waals surface area contributed by atoms with Gasteiger partial charge in [-0.25, -0.2) is 14.4 Å². The summed E-state index contributed by atoms with van der Waals surface area (Å²) < 4.78 is 37.0. The number of benzene rings is 2. The molecule has 0 aliphatic carbocycles. The zero-order valence-corrected chi connectivity index (χ0v) is 22.6. The number of carbonyl (C=O) groups excluding carboxylic acids is 1. The van der Waals surface area contributed by atoms with Gasteiger partial charge in [-0.05, 0) is 44.5 Å². The lowest BCUT2D eigenvalue weighted by molar-refractivity contribution is -0.143. The Morgan fingerprint density at radius 1 is 1.00 bits per heavy atom. The Labute approximate surface area is 217 Å². The Bertz CT molecular complexity index is 1310. The Morgan fingerprint density at radius 2 is 1.76 bits per heavy atom. The second-order valence-electron chi connectivity index (χ2n) is 7.35. The highest BCUT2D eigenvalue weighted by molar-refractivity contribution is 5.87. The van der Waals surface area contributed by atoms with Crippen molar-refractivity contribution in [3.8, 4) is 23.1 Å². The fourth-order valence-corrected chi connectivity index (χ4v) is 3.50. The van der Waals surface area contributed by atoms with Crippen molar-refractivity contribution in [3.05, 3.63) is 48.2 Å². The smallest absolute Gasteiger partial charge is 0.305 e.